The van der Waals surface area contributed by atoms with Crippen LogP contribution in [0.2, 0.25) is 0 Å². The predicted molar refractivity (Wildman–Crippen MR) is 80.4 cm³/mol. The number of methoxy groups -OCH3 is 1. The van der Waals surface area contributed by atoms with E-state index in [2.05, 4.69) is 32.9 Å². The maximum atomic E-state index is 12.5. The molecule has 19 heavy (non-hydrogen) atoms. The van der Waals surface area contributed by atoms with Crippen molar-refractivity contribution in [2.45, 2.75) is 33.1 Å². The summed E-state index contributed by atoms with van der Waals surface area (Å²) in [4.78, 5) is 12.5. The molecule has 0 radical (unpaired) electrons. The molecule has 2 atom stereocenters. The zero-order chi connectivity index (χ0) is 14.3. The van der Waals surface area contributed by atoms with Crippen molar-refractivity contribution >= 4 is 23.6 Å². The van der Waals surface area contributed by atoms with E-state index in [0.29, 0.717) is 6.42 Å². The van der Waals surface area contributed by atoms with Crippen LogP contribution in [0.3, 0.4) is 0 Å². The first-order chi connectivity index (χ1) is 8.88. The van der Waals surface area contributed by atoms with E-state index in [1.54, 1.807) is 5.37 Å². The van der Waals surface area contributed by atoms with E-state index in [1.807, 2.05) is 12.1 Å². The Bertz CT molecular complexity index is 516. The summed E-state index contributed by atoms with van der Waals surface area (Å²) in [5.41, 5.74) is 1.54. The van der Waals surface area contributed by atoms with Crippen LogP contribution in [0.4, 0.5) is 0 Å². The molecular weight excluding hydrogens is 256 g/mol. The lowest BCUT2D eigenvalue weighted by molar-refractivity contribution is -0.160. The summed E-state index contributed by atoms with van der Waals surface area (Å²) >= 11 is 5.24. The normalized spacial score (nSPS) is 25.8. The fourth-order valence-corrected chi connectivity index (χ4v) is 3.66. The highest BCUT2D eigenvalue weighted by atomic mass is 32.1. The molecule has 0 saturated heterocycles. The monoisotopic (exact) mass is 276 g/mol. The summed E-state index contributed by atoms with van der Waals surface area (Å²) in [6.45, 7) is 6.25. The number of hydrogen-bond acceptors (Lipinski definition) is 3. The van der Waals surface area contributed by atoms with Gasteiger partial charge >= 0.3 is 5.97 Å². The standard InChI is InChI=1S/C16H20O2S/c1-15(2,3)16(14(17)18-4)9-11-7-5-6-8-12(11)13(16)10-19/h5-8,10,13H,9H2,1-4H3. The number of benzene rings is 1. The molecule has 2 unspecified atom stereocenters. The molecule has 0 spiro atoms. The lowest BCUT2D eigenvalue weighted by Gasteiger charge is -2.42. The van der Waals surface area contributed by atoms with Gasteiger partial charge < -0.3 is 4.74 Å². The summed E-state index contributed by atoms with van der Waals surface area (Å²) in [6.07, 6.45) is 0.692. The Morgan fingerprint density at radius 1 is 1.42 bits per heavy atom. The van der Waals surface area contributed by atoms with Crippen molar-refractivity contribution in [3.8, 4) is 0 Å². The van der Waals surface area contributed by atoms with Gasteiger partial charge in [0.25, 0.3) is 0 Å². The van der Waals surface area contributed by atoms with Gasteiger partial charge in [-0.1, -0.05) is 57.3 Å². The van der Waals surface area contributed by atoms with Gasteiger partial charge in [0.1, 0.15) is 0 Å². The van der Waals surface area contributed by atoms with Crippen LogP contribution >= 0.6 is 12.2 Å². The summed E-state index contributed by atoms with van der Waals surface area (Å²) in [5, 5.41) is 1.73. The number of ether oxygens (including phenoxy) is 1. The van der Waals surface area contributed by atoms with Crippen LogP contribution in [-0.4, -0.2) is 18.4 Å². The average Bonchev–Trinajstić information content (AvgIpc) is 2.72. The second-order valence-electron chi connectivity index (χ2n) is 6.20. The highest BCUT2D eigenvalue weighted by Crippen LogP contribution is 2.56. The van der Waals surface area contributed by atoms with Gasteiger partial charge in [0.2, 0.25) is 0 Å². The fraction of sp³-hybridized carbons (Fsp3) is 0.500. The van der Waals surface area contributed by atoms with E-state index >= 15 is 0 Å². The molecule has 0 saturated carbocycles. The van der Waals surface area contributed by atoms with Crippen LogP contribution in [0.1, 0.15) is 37.8 Å². The van der Waals surface area contributed by atoms with Crippen LogP contribution < -0.4 is 0 Å². The Kier molecular flexibility index (Phi) is 3.52. The molecule has 1 aliphatic rings. The molecule has 0 aromatic heterocycles. The highest BCUT2D eigenvalue weighted by molar-refractivity contribution is 7.79. The molecular formula is C16H20O2S. The number of rotatable bonds is 2. The van der Waals surface area contributed by atoms with Crippen molar-refractivity contribution in [3.05, 3.63) is 35.4 Å². The van der Waals surface area contributed by atoms with Gasteiger partial charge in [-0.05, 0) is 28.3 Å². The number of carbonyl (C=O) groups excluding carboxylic acids is 1. The van der Waals surface area contributed by atoms with Crippen LogP contribution in [0, 0.1) is 10.8 Å². The largest absolute Gasteiger partial charge is 0.469 e. The van der Waals surface area contributed by atoms with Crippen molar-refractivity contribution in [1.29, 1.82) is 0 Å². The quantitative estimate of drug-likeness (QED) is 0.610. The van der Waals surface area contributed by atoms with E-state index in [-0.39, 0.29) is 17.3 Å². The molecule has 3 heteroatoms. The number of carbonyl (C=O) groups is 1. The summed E-state index contributed by atoms with van der Waals surface area (Å²) in [7, 11) is 1.46. The summed E-state index contributed by atoms with van der Waals surface area (Å²) in [5.74, 6) is -0.228. The molecule has 0 amide bonds. The third-order valence-corrected chi connectivity index (χ3v) is 4.69. The smallest absolute Gasteiger partial charge is 0.313 e. The molecule has 0 fully saturated rings. The first-order valence-corrected chi connectivity index (χ1v) is 6.97. The van der Waals surface area contributed by atoms with E-state index in [4.69, 9.17) is 17.0 Å². The molecule has 0 N–H and O–H groups in total. The zero-order valence-corrected chi connectivity index (χ0v) is 12.7. The van der Waals surface area contributed by atoms with Gasteiger partial charge in [0.15, 0.2) is 0 Å². The van der Waals surface area contributed by atoms with Gasteiger partial charge in [0.05, 0.1) is 12.5 Å². The number of thiocarbonyl (C=S) groups is 1. The molecule has 0 bridgehead atoms. The summed E-state index contributed by atoms with van der Waals surface area (Å²) < 4.78 is 5.12. The topological polar surface area (TPSA) is 26.3 Å². The minimum absolute atomic E-state index is 0.0637. The number of esters is 1. The Morgan fingerprint density at radius 2 is 2.05 bits per heavy atom. The molecule has 0 aliphatic heterocycles. The van der Waals surface area contributed by atoms with Crippen molar-refractivity contribution in [2.24, 2.45) is 10.8 Å². The lowest BCUT2D eigenvalue weighted by Crippen LogP contribution is -2.47. The van der Waals surface area contributed by atoms with Crippen molar-refractivity contribution in [2.75, 3.05) is 7.11 Å². The molecule has 1 aromatic rings. The Hall–Kier alpha value is -1.22. The van der Waals surface area contributed by atoms with Crippen LogP contribution in [0.15, 0.2) is 24.3 Å². The van der Waals surface area contributed by atoms with Crippen LogP contribution in [0.5, 0.6) is 0 Å². The molecule has 102 valence electrons. The Balaban J connectivity index is 2.65. The van der Waals surface area contributed by atoms with E-state index in [1.165, 1.54) is 12.7 Å². The molecule has 2 nitrogen and oxygen atoms in total. The van der Waals surface area contributed by atoms with Gasteiger partial charge in [0, 0.05) is 5.92 Å². The van der Waals surface area contributed by atoms with Gasteiger partial charge in [-0.2, -0.15) is 0 Å². The van der Waals surface area contributed by atoms with Crippen LogP contribution in [0.25, 0.3) is 0 Å². The average molecular weight is 276 g/mol. The first-order valence-electron chi connectivity index (χ1n) is 6.50. The first kappa shape index (κ1) is 14.2. The second kappa shape index (κ2) is 4.71. The second-order valence-corrected chi connectivity index (χ2v) is 6.47. The zero-order valence-electron chi connectivity index (χ0n) is 11.9. The van der Waals surface area contributed by atoms with Crippen molar-refractivity contribution in [1.82, 2.24) is 0 Å². The molecule has 2 rings (SSSR count). The summed E-state index contributed by atoms with van der Waals surface area (Å²) in [6, 6.07) is 8.16. The maximum Gasteiger partial charge on any atom is 0.313 e. The third kappa shape index (κ3) is 1.91. The Morgan fingerprint density at radius 3 is 2.58 bits per heavy atom. The van der Waals surface area contributed by atoms with Crippen LogP contribution in [-0.2, 0) is 16.0 Å². The number of fused-ring (bicyclic) bond motifs is 1. The van der Waals surface area contributed by atoms with E-state index in [9.17, 15) is 4.79 Å². The highest BCUT2D eigenvalue weighted by Gasteiger charge is 2.58. The fourth-order valence-electron chi connectivity index (χ4n) is 3.28. The maximum absolute atomic E-state index is 12.5. The molecule has 1 aliphatic carbocycles. The van der Waals surface area contributed by atoms with Gasteiger partial charge in [-0.3, -0.25) is 4.79 Å². The minimum Gasteiger partial charge on any atom is -0.469 e. The van der Waals surface area contributed by atoms with Gasteiger partial charge in [-0.25, -0.2) is 0 Å². The molecule has 0 heterocycles. The minimum atomic E-state index is -0.604. The predicted octanol–water partition coefficient (Wildman–Crippen LogP) is 3.53. The lowest BCUT2D eigenvalue weighted by atomic mass is 9.60. The SMILES string of the molecule is COC(=O)C1(C(C)(C)C)Cc2ccccc2C1C=S. The van der Waals surface area contributed by atoms with Crippen molar-refractivity contribution < 1.29 is 9.53 Å². The van der Waals surface area contributed by atoms with E-state index < -0.39 is 5.41 Å². The molecule has 1 aromatic carbocycles. The third-order valence-electron chi connectivity index (χ3n) is 4.41. The number of hydrogen-bond donors (Lipinski definition) is 0. The Labute approximate surface area is 120 Å². The van der Waals surface area contributed by atoms with Gasteiger partial charge in [-0.15, -0.1) is 0 Å². The van der Waals surface area contributed by atoms with E-state index in [0.717, 1.165) is 5.56 Å². The van der Waals surface area contributed by atoms with Crippen molar-refractivity contribution in [3.63, 3.8) is 0 Å².